The Balaban J connectivity index is 0.00000112. The van der Waals surface area contributed by atoms with Crippen molar-refractivity contribution in [3.63, 3.8) is 0 Å². The molecular weight excluding hydrogens is 218 g/mol. The summed E-state index contributed by atoms with van der Waals surface area (Å²) in [5, 5.41) is 8.32. The SMILES string of the molecule is CC1(C)CNCC[C@]12NC(=O)NC2=O.Cl. The van der Waals surface area contributed by atoms with Gasteiger partial charge >= 0.3 is 6.03 Å². The molecule has 2 rings (SSSR count). The van der Waals surface area contributed by atoms with E-state index >= 15 is 0 Å². The first-order valence-electron chi connectivity index (χ1n) is 4.82. The summed E-state index contributed by atoms with van der Waals surface area (Å²) in [6.07, 6.45) is 0.650. The maximum absolute atomic E-state index is 11.8. The predicted octanol–water partition coefficient (Wildman–Crippen LogP) is 0.00590. The van der Waals surface area contributed by atoms with Crippen LogP contribution in [-0.4, -0.2) is 30.6 Å². The van der Waals surface area contributed by atoms with Gasteiger partial charge in [-0.3, -0.25) is 10.1 Å². The number of piperidine rings is 1. The van der Waals surface area contributed by atoms with Gasteiger partial charge in [-0.05, 0) is 13.0 Å². The van der Waals surface area contributed by atoms with Gasteiger partial charge in [0, 0.05) is 12.0 Å². The number of hydrogen-bond donors (Lipinski definition) is 3. The molecule has 0 unspecified atom stereocenters. The fraction of sp³-hybridized carbons (Fsp3) is 0.778. The minimum absolute atomic E-state index is 0. The van der Waals surface area contributed by atoms with E-state index in [0.29, 0.717) is 6.42 Å². The van der Waals surface area contributed by atoms with Gasteiger partial charge in [-0.1, -0.05) is 13.8 Å². The largest absolute Gasteiger partial charge is 0.323 e. The van der Waals surface area contributed by atoms with Gasteiger partial charge in [0.2, 0.25) is 0 Å². The molecule has 0 aromatic carbocycles. The standard InChI is InChI=1S/C9H15N3O2.ClH/c1-8(2)5-10-4-3-9(8)6(13)11-7(14)12-9;/h10H,3-5H2,1-2H3,(H2,11,12,13,14);1H/t9-;/m1./s1. The minimum atomic E-state index is -0.713. The van der Waals surface area contributed by atoms with Crippen LogP contribution < -0.4 is 16.0 Å². The first-order chi connectivity index (χ1) is 6.48. The van der Waals surface area contributed by atoms with E-state index in [1.54, 1.807) is 0 Å². The molecular formula is C9H16ClN3O2. The summed E-state index contributed by atoms with van der Waals surface area (Å²) in [6.45, 7) is 5.48. The van der Waals surface area contributed by atoms with Crippen LogP contribution in [0.5, 0.6) is 0 Å². The van der Waals surface area contributed by atoms with Crippen LogP contribution in [0.1, 0.15) is 20.3 Å². The average molecular weight is 234 g/mol. The van der Waals surface area contributed by atoms with Gasteiger partial charge in [-0.2, -0.15) is 0 Å². The molecule has 5 nitrogen and oxygen atoms in total. The molecule has 0 bridgehead atoms. The molecule has 0 aromatic rings. The van der Waals surface area contributed by atoms with E-state index < -0.39 is 5.54 Å². The normalized spacial score (nSPS) is 33.2. The van der Waals surface area contributed by atoms with Crippen molar-refractivity contribution in [1.29, 1.82) is 0 Å². The summed E-state index contributed by atoms with van der Waals surface area (Å²) in [5.41, 5.74) is -0.961. The summed E-state index contributed by atoms with van der Waals surface area (Å²) in [4.78, 5) is 22.9. The number of urea groups is 1. The van der Waals surface area contributed by atoms with Gasteiger partial charge in [0.15, 0.2) is 0 Å². The second kappa shape index (κ2) is 3.64. The Kier molecular flexibility index (Phi) is 2.98. The van der Waals surface area contributed by atoms with Crippen LogP contribution in [0.25, 0.3) is 0 Å². The van der Waals surface area contributed by atoms with E-state index in [1.165, 1.54) is 0 Å². The highest BCUT2D eigenvalue weighted by molar-refractivity contribution is 6.07. The van der Waals surface area contributed by atoms with Crippen molar-refractivity contribution in [3.05, 3.63) is 0 Å². The molecule has 1 atom stereocenters. The van der Waals surface area contributed by atoms with Gasteiger partial charge in [0.1, 0.15) is 5.54 Å². The predicted molar refractivity (Wildman–Crippen MR) is 57.9 cm³/mol. The lowest BCUT2D eigenvalue weighted by Crippen LogP contribution is -2.65. The molecule has 3 amide bonds. The highest BCUT2D eigenvalue weighted by atomic mass is 35.5. The van der Waals surface area contributed by atoms with Crippen molar-refractivity contribution in [1.82, 2.24) is 16.0 Å². The maximum atomic E-state index is 11.8. The van der Waals surface area contributed by atoms with Crippen LogP contribution in [0.4, 0.5) is 4.79 Å². The van der Waals surface area contributed by atoms with Crippen molar-refractivity contribution in [3.8, 4) is 0 Å². The summed E-state index contributed by atoms with van der Waals surface area (Å²) in [5.74, 6) is -0.186. The molecule has 0 aromatic heterocycles. The molecule has 0 saturated carbocycles. The summed E-state index contributed by atoms with van der Waals surface area (Å²) in [6, 6.07) is -0.370. The number of rotatable bonds is 0. The van der Waals surface area contributed by atoms with E-state index in [1.807, 2.05) is 13.8 Å². The molecule has 2 heterocycles. The Hall–Kier alpha value is -0.810. The summed E-state index contributed by atoms with van der Waals surface area (Å²) >= 11 is 0. The number of amides is 3. The molecule has 3 N–H and O–H groups in total. The fourth-order valence-corrected chi connectivity index (χ4v) is 2.31. The highest BCUT2D eigenvalue weighted by Crippen LogP contribution is 2.37. The molecule has 2 aliphatic heterocycles. The zero-order valence-corrected chi connectivity index (χ0v) is 9.66. The van der Waals surface area contributed by atoms with Crippen LogP contribution in [-0.2, 0) is 4.79 Å². The van der Waals surface area contributed by atoms with Crippen molar-refractivity contribution in [2.75, 3.05) is 13.1 Å². The first kappa shape index (κ1) is 12.3. The van der Waals surface area contributed by atoms with Crippen molar-refractivity contribution in [2.45, 2.75) is 25.8 Å². The molecule has 0 radical (unpaired) electrons. The Morgan fingerprint density at radius 3 is 2.40 bits per heavy atom. The molecule has 2 aliphatic rings. The zero-order chi connectivity index (χ0) is 10.4. The third-order valence-corrected chi connectivity index (χ3v) is 3.34. The van der Waals surface area contributed by atoms with Gasteiger partial charge < -0.3 is 10.6 Å². The van der Waals surface area contributed by atoms with E-state index in [0.717, 1.165) is 13.1 Å². The number of carbonyl (C=O) groups excluding carboxylic acids is 2. The first-order valence-corrected chi connectivity index (χ1v) is 4.82. The molecule has 2 saturated heterocycles. The Labute approximate surface area is 94.8 Å². The van der Waals surface area contributed by atoms with Crippen LogP contribution in [0, 0.1) is 5.41 Å². The Bertz CT molecular complexity index is 306. The number of halogens is 1. The van der Waals surface area contributed by atoms with Crippen molar-refractivity contribution in [2.24, 2.45) is 5.41 Å². The minimum Gasteiger partial charge on any atom is -0.323 e. The smallest absolute Gasteiger partial charge is 0.322 e. The highest BCUT2D eigenvalue weighted by Gasteiger charge is 2.57. The number of carbonyl (C=O) groups is 2. The second-order valence-electron chi connectivity index (χ2n) is 4.62. The Morgan fingerprint density at radius 2 is 1.93 bits per heavy atom. The van der Waals surface area contributed by atoms with E-state index in [4.69, 9.17) is 0 Å². The number of nitrogens with one attached hydrogen (secondary N) is 3. The monoisotopic (exact) mass is 233 g/mol. The third-order valence-electron chi connectivity index (χ3n) is 3.34. The van der Waals surface area contributed by atoms with Crippen LogP contribution >= 0.6 is 12.4 Å². The lowest BCUT2D eigenvalue weighted by atomic mass is 9.68. The molecule has 86 valence electrons. The lowest BCUT2D eigenvalue weighted by molar-refractivity contribution is -0.129. The van der Waals surface area contributed by atoms with Gasteiger partial charge in [0.05, 0.1) is 0 Å². The zero-order valence-electron chi connectivity index (χ0n) is 8.85. The van der Waals surface area contributed by atoms with E-state index in [-0.39, 0.29) is 29.8 Å². The van der Waals surface area contributed by atoms with E-state index in [2.05, 4.69) is 16.0 Å². The summed E-state index contributed by atoms with van der Waals surface area (Å²) < 4.78 is 0. The van der Waals surface area contributed by atoms with Gasteiger partial charge in [0.25, 0.3) is 5.91 Å². The van der Waals surface area contributed by atoms with Crippen LogP contribution in [0.3, 0.4) is 0 Å². The van der Waals surface area contributed by atoms with Crippen molar-refractivity contribution >= 4 is 24.3 Å². The molecule has 15 heavy (non-hydrogen) atoms. The second-order valence-corrected chi connectivity index (χ2v) is 4.62. The topological polar surface area (TPSA) is 70.2 Å². The third kappa shape index (κ3) is 1.59. The van der Waals surface area contributed by atoms with E-state index in [9.17, 15) is 9.59 Å². The molecule has 2 fully saturated rings. The van der Waals surface area contributed by atoms with Gasteiger partial charge in [-0.15, -0.1) is 12.4 Å². The molecule has 1 spiro atoms. The quantitative estimate of drug-likeness (QED) is 0.516. The average Bonchev–Trinajstić information content (AvgIpc) is 2.35. The maximum Gasteiger partial charge on any atom is 0.322 e. The lowest BCUT2D eigenvalue weighted by Gasteiger charge is -2.45. The fourth-order valence-electron chi connectivity index (χ4n) is 2.31. The van der Waals surface area contributed by atoms with Crippen molar-refractivity contribution < 1.29 is 9.59 Å². The summed E-state index contributed by atoms with van der Waals surface area (Å²) in [7, 11) is 0. The molecule has 6 heteroatoms. The van der Waals surface area contributed by atoms with Crippen LogP contribution in [0.15, 0.2) is 0 Å². The number of hydrogen-bond acceptors (Lipinski definition) is 3. The van der Waals surface area contributed by atoms with Crippen LogP contribution in [0.2, 0.25) is 0 Å². The Morgan fingerprint density at radius 1 is 1.27 bits per heavy atom. The molecule has 0 aliphatic carbocycles. The van der Waals surface area contributed by atoms with Gasteiger partial charge in [-0.25, -0.2) is 4.79 Å². The number of imide groups is 1.